The van der Waals surface area contributed by atoms with E-state index in [1.54, 1.807) is 17.0 Å². The Balaban J connectivity index is 1.10. The Labute approximate surface area is 332 Å². The van der Waals surface area contributed by atoms with Crippen molar-refractivity contribution in [3.05, 3.63) is 113 Å². The van der Waals surface area contributed by atoms with Gasteiger partial charge in [0.05, 0.1) is 11.9 Å². The number of rotatable bonds is 7. The predicted molar refractivity (Wildman–Crippen MR) is 209 cm³/mol. The summed E-state index contributed by atoms with van der Waals surface area (Å²) in [6.07, 6.45) is 1.30. The minimum atomic E-state index is -5.86. The van der Waals surface area contributed by atoms with Crippen LogP contribution < -0.4 is 5.32 Å². The lowest BCUT2D eigenvalue weighted by atomic mass is 9.90. The number of fused-ring (bicyclic) bond motifs is 3. The van der Waals surface area contributed by atoms with Gasteiger partial charge in [0.15, 0.2) is 11.3 Å². The molecule has 4 heterocycles. The highest BCUT2D eigenvalue weighted by Gasteiger charge is 2.51. The fourth-order valence-electron chi connectivity index (χ4n) is 8.74. The molecule has 0 unspecified atom stereocenters. The minimum absolute atomic E-state index is 0.0292. The van der Waals surface area contributed by atoms with Gasteiger partial charge in [-0.15, -0.1) is 0 Å². The Morgan fingerprint density at radius 1 is 0.897 bits per heavy atom. The Bertz CT molecular complexity index is 2490. The van der Waals surface area contributed by atoms with Gasteiger partial charge in [0.1, 0.15) is 12.1 Å². The zero-order valence-electron chi connectivity index (χ0n) is 31.8. The van der Waals surface area contributed by atoms with Crippen LogP contribution in [0.25, 0.3) is 21.7 Å². The third-order valence-electron chi connectivity index (χ3n) is 11.9. The summed E-state index contributed by atoms with van der Waals surface area (Å²) in [5.74, 6) is -1.64. The second-order valence-corrected chi connectivity index (χ2v) is 17.3. The zero-order valence-corrected chi connectivity index (χ0v) is 32.6. The Hall–Kier alpha value is -5.50. The van der Waals surface area contributed by atoms with E-state index in [9.17, 15) is 42.3 Å². The van der Waals surface area contributed by atoms with E-state index in [4.69, 9.17) is 4.52 Å². The van der Waals surface area contributed by atoms with Gasteiger partial charge in [0.25, 0.3) is 11.8 Å². The number of halogens is 2. The summed E-state index contributed by atoms with van der Waals surface area (Å²) in [7, 11) is -5.86. The van der Waals surface area contributed by atoms with E-state index in [1.165, 1.54) is 29.2 Å². The number of alkyl halides is 2. The summed E-state index contributed by atoms with van der Waals surface area (Å²) < 4.78 is 46.3. The van der Waals surface area contributed by atoms with Crippen LogP contribution in [0.2, 0.25) is 0 Å². The van der Waals surface area contributed by atoms with Gasteiger partial charge in [-0.3, -0.25) is 23.7 Å². The summed E-state index contributed by atoms with van der Waals surface area (Å²) >= 11 is 0. The fourth-order valence-corrected chi connectivity index (χ4v) is 9.22. The normalized spacial score (nSPS) is 22.9. The number of carbonyl (C=O) groups is 4. The van der Waals surface area contributed by atoms with Gasteiger partial charge in [-0.05, 0) is 78.8 Å². The van der Waals surface area contributed by atoms with Crippen LogP contribution >= 0.6 is 7.60 Å². The first-order chi connectivity index (χ1) is 27.6. The largest absolute Gasteiger partial charge is 0.399 e. The first-order valence-electron chi connectivity index (χ1n) is 19.2. The van der Waals surface area contributed by atoms with Crippen LogP contribution in [0.5, 0.6) is 0 Å². The molecule has 3 aliphatic rings. The molecule has 0 saturated carbocycles. The van der Waals surface area contributed by atoms with Crippen LogP contribution in [0.3, 0.4) is 0 Å². The summed E-state index contributed by atoms with van der Waals surface area (Å²) in [6.45, 7) is 4.93. The van der Waals surface area contributed by atoms with Crippen LogP contribution in [0.15, 0.2) is 89.5 Å². The zero-order chi connectivity index (χ0) is 41.1. The predicted octanol–water partition coefficient (Wildman–Crippen LogP) is 5.78. The van der Waals surface area contributed by atoms with Gasteiger partial charge in [0.2, 0.25) is 11.8 Å². The second kappa shape index (κ2) is 15.0. The third kappa shape index (κ3) is 7.16. The highest BCUT2D eigenvalue weighted by Crippen LogP contribution is 2.59. The molecule has 0 aliphatic carbocycles. The Morgan fingerprint density at radius 2 is 1.66 bits per heavy atom. The van der Waals surface area contributed by atoms with E-state index in [0.29, 0.717) is 48.7 Å². The van der Waals surface area contributed by atoms with E-state index < -0.39 is 54.7 Å². The number of hydrogen-bond donors (Lipinski definition) is 3. The van der Waals surface area contributed by atoms with Crippen LogP contribution in [0.1, 0.15) is 69.6 Å². The van der Waals surface area contributed by atoms with Crippen LogP contribution in [0, 0.1) is 12.8 Å². The molecule has 0 spiro atoms. The van der Waals surface area contributed by atoms with Crippen LogP contribution in [-0.4, -0.2) is 97.6 Å². The van der Waals surface area contributed by atoms with Crippen molar-refractivity contribution in [1.82, 2.24) is 25.2 Å². The van der Waals surface area contributed by atoms with E-state index in [-0.39, 0.29) is 47.5 Å². The smallest absolute Gasteiger partial charge is 0.355 e. The summed E-state index contributed by atoms with van der Waals surface area (Å²) in [4.78, 5) is 80.8. The van der Waals surface area contributed by atoms with Crippen molar-refractivity contribution in [3.63, 3.8) is 0 Å². The van der Waals surface area contributed by atoms with Crippen molar-refractivity contribution in [2.24, 2.45) is 5.92 Å². The lowest BCUT2D eigenvalue weighted by molar-refractivity contribution is -0.147. The number of aryl methyl sites for hydroxylation is 1. The van der Waals surface area contributed by atoms with E-state index in [1.807, 2.05) is 36.1 Å². The van der Waals surface area contributed by atoms with Gasteiger partial charge in [0, 0.05) is 42.7 Å². The van der Waals surface area contributed by atoms with E-state index in [2.05, 4.69) is 29.5 Å². The molecule has 0 radical (unpaired) electrons. The summed E-state index contributed by atoms with van der Waals surface area (Å²) in [5.41, 5.74) is -2.94. The molecule has 58 heavy (non-hydrogen) atoms. The molecule has 0 bridgehead atoms. The molecule has 13 nitrogen and oxygen atoms in total. The number of nitrogens with one attached hydrogen (secondary N) is 1. The number of benzene rings is 4. The highest BCUT2D eigenvalue weighted by molar-refractivity contribution is 7.52. The quantitative estimate of drug-likeness (QED) is 0.172. The van der Waals surface area contributed by atoms with E-state index in [0.717, 1.165) is 23.3 Å². The summed E-state index contributed by atoms with van der Waals surface area (Å²) in [5, 5.41) is 7.86. The fraction of sp³-hybridized carbons (Fsp3) is 0.357. The molecule has 3 aliphatic heterocycles. The molecule has 5 atom stereocenters. The van der Waals surface area contributed by atoms with Crippen molar-refractivity contribution >= 4 is 53.0 Å². The number of nitrogens with zero attached hydrogens (tertiary/aromatic N) is 4. The highest BCUT2D eigenvalue weighted by atomic mass is 31.2. The van der Waals surface area contributed by atoms with Crippen molar-refractivity contribution in [2.75, 3.05) is 26.2 Å². The molecular weight excluding hydrogens is 771 g/mol. The molecule has 4 amide bonds. The van der Waals surface area contributed by atoms with Crippen molar-refractivity contribution < 1.29 is 46.8 Å². The molecule has 3 saturated heterocycles. The maximum Gasteiger partial charge on any atom is 0.399 e. The number of carbonyl (C=O) groups excluding carboxylic acids is 4. The molecule has 1 aromatic heterocycles. The Kier molecular flexibility index (Phi) is 10.2. The minimum Gasteiger partial charge on any atom is -0.355 e. The molecule has 16 heteroatoms. The van der Waals surface area contributed by atoms with Crippen molar-refractivity contribution in [2.45, 2.75) is 62.8 Å². The molecule has 3 N–H and O–H groups in total. The van der Waals surface area contributed by atoms with Crippen LogP contribution in [0.4, 0.5) is 8.78 Å². The van der Waals surface area contributed by atoms with Gasteiger partial charge in [-0.1, -0.05) is 72.2 Å². The first-order valence-corrected chi connectivity index (χ1v) is 20.8. The molecular formula is C42H42F2N5O8P. The maximum atomic E-state index is 14.8. The summed E-state index contributed by atoms with van der Waals surface area (Å²) in [6, 6.07) is 20.1. The van der Waals surface area contributed by atoms with E-state index >= 15 is 0 Å². The average molecular weight is 814 g/mol. The number of aromatic nitrogens is 1. The topological polar surface area (TPSA) is 174 Å². The number of amides is 4. The molecule has 8 rings (SSSR count). The first kappa shape index (κ1) is 39.3. The maximum absolute atomic E-state index is 14.8. The molecule has 3 fully saturated rings. The number of hydrogen-bond acceptors (Lipinski definition) is 7. The van der Waals surface area contributed by atoms with Crippen molar-refractivity contribution in [3.8, 4) is 0 Å². The molecule has 5 aromatic rings. The molecule has 4 aromatic carbocycles. The van der Waals surface area contributed by atoms with Crippen molar-refractivity contribution in [1.29, 1.82) is 0 Å². The average Bonchev–Trinajstić information content (AvgIpc) is 3.93. The van der Waals surface area contributed by atoms with Gasteiger partial charge >= 0.3 is 13.3 Å². The van der Waals surface area contributed by atoms with Crippen LogP contribution in [-0.2, 0) is 19.8 Å². The molecule has 302 valence electrons. The number of likely N-dealkylation sites (tertiary alicyclic amines) is 1. The SMILES string of the molecule is Cc1ccc2onc(C(=O)N3CC[C@H]4CC[C@@H](C(=O)N5C[C@H](c6ccccc6)[C@@H](C)C5)N4C(=O)[C@@H](NC(=O)c4ccc5ccc(C(F)(F)P(=O)(O)O)cc5c4)C3)c2c1. The standard InChI is InChI=1S/C42H42F2N5O8P/c1-24-8-15-36-32(18-24)37(46-57-36)41(53)47-17-16-31-13-14-35(40(52)48-21-25(2)33(22-48)27-6-4-3-5-7-27)49(31)39(51)34(23-47)45-38(50)28-10-9-26-11-12-30(20-29(26)19-28)42(43,44)58(54,55)56/h3-12,15,18-20,25,31,33-35H,13-14,16-17,21-23H2,1-2H3,(H,45,50)(H2,54,55,56)/t25-,31+,33-,34-,35-/m0/s1. The monoisotopic (exact) mass is 813 g/mol. The second-order valence-electron chi connectivity index (χ2n) is 15.7. The lowest BCUT2D eigenvalue weighted by Crippen LogP contribution is -2.61. The van der Waals surface area contributed by atoms with Gasteiger partial charge in [-0.25, -0.2) is 0 Å². The van der Waals surface area contributed by atoms with Gasteiger partial charge < -0.3 is 34.3 Å². The van der Waals surface area contributed by atoms with Gasteiger partial charge in [-0.2, -0.15) is 8.78 Å². The third-order valence-corrected chi connectivity index (χ3v) is 12.9. The Morgan fingerprint density at radius 3 is 2.41 bits per heavy atom. The lowest BCUT2D eigenvalue weighted by Gasteiger charge is -2.39.